The maximum absolute atomic E-state index is 2.33. The Kier molecular flexibility index (Phi) is 10.5. The fourth-order valence-electron chi connectivity index (χ4n) is 3.93. The Morgan fingerprint density at radius 1 is 0.433 bits per heavy atom. The summed E-state index contributed by atoms with van der Waals surface area (Å²) in [6.45, 7) is 2.25. The van der Waals surface area contributed by atoms with Crippen LogP contribution in [0.1, 0.15) is 38.5 Å². The van der Waals surface area contributed by atoms with Crippen LogP contribution in [-0.2, 0) is 13.1 Å². The Morgan fingerprint density at radius 2 is 0.800 bits per heavy atom. The Bertz CT molecular complexity index is 964. The first kappa shape index (κ1) is 24.5. The largest absolute Gasteiger partial charge is 1.00 e. The van der Waals surface area contributed by atoms with E-state index in [2.05, 4.69) is 94.6 Å². The van der Waals surface area contributed by atoms with E-state index in [4.69, 9.17) is 0 Å². The number of rotatable bonds is 9. The van der Waals surface area contributed by atoms with Crippen molar-refractivity contribution in [1.82, 2.24) is 0 Å². The van der Waals surface area contributed by atoms with Crippen LogP contribution >= 0.6 is 0 Å². The number of unbranched alkanes of at least 4 members (excludes halogenated alkanes) is 5. The Morgan fingerprint density at radius 3 is 1.23 bits per heavy atom. The van der Waals surface area contributed by atoms with Crippen LogP contribution in [0.2, 0.25) is 0 Å². The molecule has 4 rings (SSSR count). The van der Waals surface area contributed by atoms with E-state index in [0.717, 1.165) is 13.1 Å². The monoisotopic (exact) mass is 528 g/mol. The first-order valence-electron chi connectivity index (χ1n) is 10.6. The second-order valence-electron chi connectivity index (χ2n) is 7.74. The summed E-state index contributed by atoms with van der Waals surface area (Å²) < 4.78 is 4.66. The summed E-state index contributed by atoms with van der Waals surface area (Å²) in [5.41, 5.74) is 0. The summed E-state index contributed by atoms with van der Waals surface area (Å²) in [6, 6.07) is 21.6. The summed E-state index contributed by atoms with van der Waals surface area (Å²) in [5.74, 6) is 0. The summed E-state index contributed by atoms with van der Waals surface area (Å²) in [5, 5.41) is 5.30. The van der Waals surface area contributed by atoms with Crippen LogP contribution < -0.4 is 43.1 Å². The molecule has 2 heterocycles. The summed E-state index contributed by atoms with van der Waals surface area (Å²) >= 11 is 0. The van der Waals surface area contributed by atoms with Crippen molar-refractivity contribution in [1.29, 1.82) is 0 Å². The number of hydrogen-bond donors (Lipinski definition) is 0. The van der Waals surface area contributed by atoms with Crippen LogP contribution in [0.25, 0.3) is 21.5 Å². The molecule has 0 aliphatic rings. The fraction of sp³-hybridized carbons (Fsp3) is 0.308. The van der Waals surface area contributed by atoms with E-state index in [1.165, 1.54) is 60.1 Å². The first-order chi connectivity index (χ1) is 13.9. The third kappa shape index (κ3) is 6.88. The third-order valence-corrected chi connectivity index (χ3v) is 5.58. The van der Waals surface area contributed by atoms with Gasteiger partial charge in [0.15, 0.2) is 24.8 Å². The van der Waals surface area contributed by atoms with Gasteiger partial charge in [0.25, 0.3) is 0 Å². The van der Waals surface area contributed by atoms with E-state index >= 15 is 0 Å². The van der Waals surface area contributed by atoms with Gasteiger partial charge < -0.3 is 34.0 Å². The van der Waals surface area contributed by atoms with Crippen molar-refractivity contribution in [3.8, 4) is 0 Å². The van der Waals surface area contributed by atoms with Crippen molar-refractivity contribution in [3.63, 3.8) is 0 Å². The van der Waals surface area contributed by atoms with Crippen molar-refractivity contribution in [2.75, 3.05) is 0 Å². The normalized spacial score (nSPS) is 10.5. The van der Waals surface area contributed by atoms with Crippen molar-refractivity contribution in [3.05, 3.63) is 85.5 Å². The molecular weight excluding hydrogens is 500 g/mol. The van der Waals surface area contributed by atoms with Gasteiger partial charge in [0.1, 0.15) is 13.1 Å². The number of nitrogens with zero attached hydrogens (tertiary/aromatic N) is 2. The van der Waals surface area contributed by atoms with Crippen molar-refractivity contribution >= 4 is 21.5 Å². The second-order valence-corrected chi connectivity index (χ2v) is 7.74. The topological polar surface area (TPSA) is 7.76 Å². The lowest BCUT2D eigenvalue weighted by Crippen LogP contribution is -3.00. The minimum atomic E-state index is 0. The maximum Gasteiger partial charge on any atom is 0.176 e. The number of aromatic nitrogens is 2. The Hall–Kier alpha value is -1.78. The molecule has 0 atom stereocenters. The van der Waals surface area contributed by atoms with Crippen LogP contribution in [0.4, 0.5) is 0 Å². The van der Waals surface area contributed by atoms with Crippen LogP contribution in [0.5, 0.6) is 0 Å². The van der Waals surface area contributed by atoms with Gasteiger partial charge in [0, 0.05) is 35.7 Å². The summed E-state index contributed by atoms with van der Waals surface area (Å²) in [6.07, 6.45) is 16.8. The van der Waals surface area contributed by atoms with Crippen molar-refractivity contribution in [2.45, 2.75) is 51.6 Å². The molecule has 4 aromatic rings. The molecule has 158 valence electrons. The Labute approximate surface area is 201 Å². The molecule has 0 aliphatic carbocycles. The average molecular weight is 530 g/mol. The second kappa shape index (κ2) is 12.8. The lowest BCUT2D eigenvalue weighted by atomic mass is 10.1. The van der Waals surface area contributed by atoms with Gasteiger partial charge in [0.2, 0.25) is 0 Å². The number of fused-ring (bicyclic) bond motifs is 2. The summed E-state index contributed by atoms with van der Waals surface area (Å²) in [4.78, 5) is 0. The molecule has 0 fully saturated rings. The van der Waals surface area contributed by atoms with Crippen LogP contribution in [0.15, 0.2) is 85.5 Å². The number of halogens is 2. The molecule has 2 aromatic heterocycles. The minimum absolute atomic E-state index is 0. The quantitative estimate of drug-likeness (QED) is 0.206. The van der Waals surface area contributed by atoms with Crippen molar-refractivity contribution in [2.24, 2.45) is 0 Å². The highest BCUT2D eigenvalue weighted by Gasteiger charge is 2.04. The van der Waals surface area contributed by atoms with E-state index in [1.807, 2.05) is 0 Å². The van der Waals surface area contributed by atoms with Gasteiger partial charge in [0.05, 0.1) is 0 Å². The number of benzene rings is 2. The predicted molar refractivity (Wildman–Crippen MR) is 116 cm³/mol. The van der Waals surface area contributed by atoms with Gasteiger partial charge >= 0.3 is 0 Å². The molecule has 0 saturated carbocycles. The zero-order valence-electron chi connectivity index (χ0n) is 17.4. The van der Waals surface area contributed by atoms with E-state index in [-0.39, 0.29) is 34.0 Å². The Balaban J connectivity index is 0.00000160. The lowest BCUT2D eigenvalue weighted by Gasteiger charge is -2.02. The smallest absolute Gasteiger partial charge is 0.176 e. The summed E-state index contributed by atoms with van der Waals surface area (Å²) in [7, 11) is 0. The highest BCUT2D eigenvalue weighted by molar-refractivity contribution is 5.80. The highest BCUT2D eigenvalue weighted by Crippen LogP contribution is 2.11. The van der Waals surface area contributed by atoms with Crippen molar-refractivity contribution < 1.29 is 43.1 Å². The first-order valence-corrected chi connectivity index (χ1v) is 10.6. The molecule has 0 aliphatic heterocycles. The van der Waals surface area contributed by atoms with E-state index < -0.39 is 0 Å². The third-order valence-electron chi connectivity index (χ3n) is 5.58. The molecule has 0 radical (unpaired) electrons. The van der Waals surface area contributed by atoms with Crippen LogP contribution in [0.3, 0.4) is 0 Å². The molecule has 2 aromatic carbocycles. The molecule has 0 amide bonds. The molecule has 0 spiro atoms. The molecule has 2 nitrogen and oxygen atoms in total. The molecular formula is C26H30Br2N2. The zero-order valence-corrected chi connectivity index (χ0v) is 20.6. The van der Waals surface area contributed by atoms with Gasteiger partial charge in [-0.05, 0) is 35.7 Å². The SMILES string of the molecule is [Br-].[Br-].c1ccc2c[n+](CCCCCCCC[n+]3ccc4ccccc4c3)ccc2c1. The van der Waals surface area contributed by atoms with Gasteiger partial charge in [-0.15, -0.1) is 0 Å². The molecule has 0 unspecified atom stereocenters. The molecule has 0 saturated heterocycles. The molecule has 30 heavy (non-hydrogen) atoms. The average Bonchev–Trinajstić information content (AvgIpc) is 2.75. The van der Waals surface area contributed by atoms with Gasteiger partial charge in [-0.2, -0.15) is 0 Å². The van der Waals surface area contributed by atoms with Gasteiger partial charge in [-0.3, -0.25) is 0 Å². The number of pyridine rings is 2. The van der Waals surface area contributed by atoms with Crippen LogP contribution in [0, 0.1) is 0 Å². The predicted octanol–water partition coefficient (Wildman–Crippen LogP) is -0.383. The highest BCUT2D eigenvalue weighted by atomic mass is 79.9. The maximum atomic E-state index is 2.33. The lowest BCUT2D eigenvalue weighted by molar-refractivity contribution is -0.696. The zero-order chi connectivity index (χ0) is 19.0. The molecule has 0 bridgehead atoms. The van der Waals surface area contributed by atoms with E-state index in [9.17, 15) is 0 Å². The number of hydrogen-bond acceptors (Lipinski definition) is 0. The molecule has 4 heteroatoms. The van der Waals surface area contributed by atoms with E-state index in [0.29, 0.717) is 0 Å². The minimum Gasteiger partial charge on any atom is -1.00 e. The van der Waals surface area contributed by atoms with E-state index in [1.54, 1.807) is 0 Å². The standard InChI is InChI=1S/C26H30N2.2BrH/c1(3-9-17-27-19-15-23-11-5-7-13-25(23)21-27)2-4-10-18-28-20-16-24-12-6-8-14-26(24)22-28;;/h5-8,11-16,19-22H,1-4,9-10,17-18H2;2*1H/q+2;;/p-2. The number of aryl methyl sites for hydroxylation is 2. The van der Waals surface area contributed by atoms with Gasteiger partial charge in [-0.25, -0.2) is 9.13 Å². The van der Waals surface area contributed by atoms with Crippen LogP contribution in [-0.4, -0.2) is 0 Å². The molecule has 0 N–H and O–H groups in total. The fourth-order valence-corrected chi connectivity index (χ4v) is 3.93. The van der Waals surface area contributed by atoms with Gasteiger partial charge in [-0.1, -0.05) is 49.2 Å².